The van der Waals surface area contributed by atoms with Crippen molar-refractivity contribution in [3.8, 4) is 0 Å². The molecule has 0 spiro atoms. The molecule has 144 valence electrons. The number of esters is 1. The number of nitrogens with zero attached hydrogens (tertiary/aromatic N) is 1. The van der Waals surface area contributed by atoms with Crippen molar-refractivity contribution in [1.29, 1.82) is 0 Å². The Morgan fingerprint density at radius 3 is 2.42 bits per heavy atom. The molecule has 0 bridgehead atoms. The number of sulfone groups is 1. The third-order valence-electron chi connectivity index (χ3n) is 4.83. The Labute approximate surface area is 157 Å². The highest BCUT2D eigenvalue weighted by Crippen LogP contribution is 2.26. The van der Waals surface area contributed by atoms with Crippen LogP contribution < -0.4 is 0 Å². The van der Waals surface area contributed by atoms with Gasteiger partial charge in [-0.15, -0.1) is 0 Å². The fourth-order valence-corrected chi connectivity index (χ4v) is 4.08. The van der Waals surface area contributed by atoms with Crippen molar-refractivity contribution >= 4 is 15.8 Å². The maximum absolute atomic E-state index is 12.7. The van der Waals surface area contributed by atoms with Crippen LogP contribution in [-0.2, 0) is 19.4 Å². The predicted octanol–water partition coefficient (Wildman–Crippen LogP) is 3.48. The highest BCUT2D eigenvalue weighted by Gasteiger charge is 2.40. The summed E-state index contributed by atoms with van der Waals surface area (Å²) >= 11 is 0. The first-order valence-corrected chi connectivity index (χ1v) is 10.8. The summed E-state index contributed by atoms with van der Waals surface area (Å²) in [6, 6.07) is 6.70. The largest absolute Gasteiger partial charge is 0.464 e. The van der Waals surface area contributed by atoms with Crippen LogP contribution in [0.15, 0.2) is 40.6 Å². The van der Waals surface area contributed by atoms with E-state index in [2.05, 4.69) is 0 Å². The quantitative estimate of drug-likeness (QED) is 0.511. The molecule has 2 rings (SSSR count). The number of benzene rings is 1. The van der Waals surface area contributed by atoms with Crippen LogP contribution >= 0.6 is 0 Å². The molecule has 1 aliphatic rings. The van der Waals surface area contributed by atoms with Crippen molar-refractivity contribution in [3.63, 3.8) is 0 Å². The number of hydrogen-bond acceptors (Lipinski definition) is 5. The normalized spacial score (nSPS) is 18.1. The van der Waals surface area contributed by atoms with Gasteiger partial charge in [-0.25, -0.2) is 13.2 Å². The first-order valence-electron chi connectivity index (χ1n) is 9.23. The zero-order valence-corrected chi connectivity index (χ0v) is 16.7. The van der Waals surface area contributed by atoms with E-state index in [1.54, 1.807) is 31.2 Å². The first kappa shape index (κ1) is 20.6. The van der Waals surface area contributed by atoms with Gasteiger partial charge < -0.3 is 4.74 Å². The van der Waals surface area contributed by atoms with Crippen LogP contribution in [0.3, 0.4) is 0 Å². The van der Waals surface area contributed by atoms with Crippen molar-refractivity contribution in [2.24, 2.45) is 0 Å². The molecule has 6 heteroatoms. The van der Waals surface area contributed by atoms with Gasteiger partial charge in [0.25, 0.3) is 0 Å². The zero-order valence-electron chi connectivity index (χ0n) is 15.9. The van der Waals surface area contributed by atoms with E-state index in [0.29, 0.717) is 6.61 Å². The Balaban J connectivity index is 2.26. The van der Waals surface area contributed by atoms with Gasteiger partial charge in [-0.2, -0.15) is 0 Å². The second-order valence-electron chi connectivity index (χ2n) is 6.99. The third kappa shape index (κ3) is 4.95. The molecule has 1 atom stereocenters. The van der Waals surface area contributed by atoms with Crippen molar-refractivity contribution < 1.29 is 17.9 Å². The van der Waals surface area contributed by atoms with Gasteiger partial charge in [0.2, 0.25) is 0 Å². The lowest BCUT2D eigenvalue weighted by atomic mass is 10.0. The maximum Gasteiger partial charge on any atom is 0.330 e. The molecule has 0 unspecified atom stereocenters. The summed E-state index contributed by atoms with van der Waals surface area (Å²) in [6.07, 6.45) is 5.22. The zero-order chi connectivity index (χ0) is 19.2. The van der Waals surface area contributed by atoms with Crippen LogP contribution in [0.5, 0.6) is 0 Å². The number of hydrogen-bond donors (Lipinski definition) is 0. The number of unbranched alkanes of at least 4 members (excludes halogenated alkanes) is 1. The van der Waals surface area contributed by atoms with E-state index >= 15 is 0 Å². The molecule has 5 nitrogen and oxygen atoms in total. The molecular weight excluding hydrogens is 350 g/mol. The smallest absolute Gasteiger partial charge is 0.330 e. The first-order chi connectivity index (χ1) is 12.3. The average molecular weight is 380 g/mol. The Morgan fingerprint density at radius 1 is 1.23 bits per heavy atom. The van der Waals surface area contributed by atoms with Crippen LogP contribution in [0.25, 0.3) is 0 Å². The minimum Gasteiger partial charge on any atom is -0.464 e. The fraction of sp³-hybridized carbons (Fsp3) is 0.550. The van der Waals surface area contributed by atoms with E-state index in [1.807, 2.05) is 18.7 Å². The fourth-order valence-electron chi connectivity index (χ4n) is 2.97. The number of aryl methyl sites for hydroxylation is 1. The summed E-state index contributed by atoms with van der Waals surface area (Å²) in [4.78, 5) is 14.9. The predicted molar refractivity (Wildman–Crippen MR) is 103 cm³/mol. The van der Waals surface area contributed by atoms with Crippen LogP contribution in [0.1, 0.15) is 45.1 Å². The number of carbonyl (C=O) groups excluding carboxylic acids is 1. The monoisotopic (exact) mass is 379 g/mol. The molecule has 0 aliphatic carbocycles. The molecule has 1 fully saturated rings. The van der Waals surface area contributed by atoms with Gasteiger partial charge in [0.1, 0.15) is 5.54 Å². The van der Waals surface area contributed by atoms with Crippen molar-refractivity contribution in [2.45, 2.75) is 56.9 Å². The second kappa shape index (κ2) is 8.82. The molecule has 1 saturated heterocycles. The molecular formula is C20H29NO4S. The van der Waals surface area contributed by atoms with Gasteiger partial charge in [-0.3, -0.25) is 4.90 Å². The van der Waals surface area contributed by atoms with Gasteiger partial charge in [0.15, 0.2) is 9.84 Å². The lowest BCUT2D eigenvalue weighted by Crippen LogP contribution is -2.50. The Bertz CT molecular complexity index is 734. The molecule has 1 aromatic rings. The lowest BCUT2D eigenvalue weighted by Gasteiger charge is -2.33. The van der Waals surface area contributed by atoms with Gasteiger partial charge >= 0.3 is 5.97 Å². The Morgan fingerprint density at radius 2 is 1.85 bits per heavy atom. The van der Waals surface area contributed by atoms with E-state index in [0.717, 1.165) is 49.7 Å². The van der Waals surface area contributed by atoms with E-state index in [-0.39, 0.29) is 10.9 Å². The van der Waals surface area contributed by atoms with Crippen LogP contribution in [0.4, 0.5) is 0 Å². The van der Waals surface area contributed by atoms with Crippen molar-refractivity contribution in [3.05, 3.63) is 41.3 Å². The number of carbonyl (C=O) groups is 1. The molecule has 0 N–H and O–H groups in total. The van der Waals surface area contributed by atoms with Gasteiger partial charge in [0.05, 0.1) is 11.5 Å². The van der Waals surface area contributed by atoms with Crippen LogP contribution in [-0.4, -0.2) is 44.5 Å². The summed E-state index contributed by atoms with van der Waals surface area (Å²) < 4.78 is 30.7. The lowest BCUT2D eigenvalue weighted by molar-refractivity contribution is -0.153. The van der Waals surface area contributed by atoms with Crippen LogP contribution in [0.2, 0.25) is 0 Å². The highest BCUT2D eigenvalue weighted by molar-refractivity contribution is 7.94. The SMILES string of the molecule is CCCCOC(=O)[C@](C)(/C=C/S(=O)(=O)c1ccc(C)cc1)N1CCCC1. The topological polar surface area (TPSA) is 63.7 Å². The van der Waals surface area contributed by atoms with Gasteiger partial charge in [0, 0.05) is 5.41 Å². The molecule has 0 amide bonds. The van der Waals surface area contributed by atoms with Crippen molar-refractivity contribution in [2.75, 3.05) is 19.7 Å². The van der Waals surface area contributed by atoms with E-state index in [1.165, 1.54) is 6.08 Å². The minimum absolute atomic E-state index is 0.225. The second-order valence-corrected chi connectivity index (χ2v) is 8.83. The Hall–Kier alpha value is -1.66. The summed E-state index contributed by atoms with van der Waals surface area (Å²) in [5.74, 6) is -0.386. The van der Waals surface area contributed by atoms with Gasteiger partial charge in [-0.05, 0) is 64.4 Å². The van der Waals surface area contributed by atoms with Crippen LogP contribution in [0, 0.1) is 6.92 Å². The van der Waals surface area contributed by atoms with E-state index in [4.69, 9.17) is 4.74 Å². The molecule has 0 radical (unpaired) electrons. The third-order valence-corrected chi connectivity index (χ3v) is 6.25. The summed E-state index contributed by atoms with van der Waals surface area (Å²) in [5.41, 5.74) is -0.0727. The van der Waals surface area contributed by atoms with Crippen molar-refractivity contribution in [1.82, 2.24) is 4.90 Å². The number of ether oxygens (including phenoxy) is 1. The molecule has 0 aromatic heterocycles. The molecule has 1 aliphatic heterocycles. The molecule has 0 saturated carbocycles. The standard InChI is InChI=1S/C20H29NO4S/c1-4-5-15-25-19(22)20(3,21-13-6-7-14-21)12-16-26(23,24)18-10-8-17(2)9-11-18/h8-12,16H,4-7,13-15H2,1-3H3/b16-12+/t20-/m0/s1. The molecule has 1 heterocycles. The van der Waals surface area contributed by atoms with E-state index in [9.17, 15) is 13.2 Å². The molecule has 26 heavy (non-hydrogen) atoms. The highest BCUT2D eigenvalue weighted by atomic mass is 32.2. The number of likely N-dealkylation sites (tertiary alicyclic amines) is 1. The Kier molecular flexibility index (Phi) is 7.01. The average Bonchev–Trinajstić information content (AvgIpc) is 3.15. The summed E-state index contributed by atoms with van der Waals surface area (Å²) in [6.45, 7) is 7.55. The molecule has 1 aromatic carbocycles. The maximum atomic E-state index is 12.7. The summed E-state index contributed by atoms with van der Waals surface area (Å²) in [7, 11) is -3.61. The number of rotatable bonds is 8. The summed E-state index contributed by atoms with van der Waals surface area (Å²) in [5, 5.41) is 1.15. The van der Waals surface area contributed by atoms with Gasteiger partial charge in [-0.1, -0.05) is 31.0 Å². The van der Waals surface area contributed by atoms with E-state index < -0.39 is 15.4 Å². The minimum atomic E-state index is -3.61.